The van der Waals surface area contributed by atoms with E-state index >= 15 is 0 Å². The van der Waals surface area contributed by atoms with E-state index in [0.29, 0.717) is 17.5 Å². The molecular formula is C14H20FNO2. The molecule has 0 spiro atoms. The predicted molar refractivity (Wildman–Crippen MR) is 69.0 cm³/mol. The minimum absolute atomic E-state index is 0.0209. The van der Waals surface area contributed by atoms with Gasteiger partial charge in [0.25, 0.3) is 5.91 Å². The number of hydrogen-bond donors (Lipinski definition) is 2. The first-order valence-electron chi connectivity index (χ1n) is 6.11. The van der Waals surface area contributed by atoms with Crippen molar-refractivity contribution in [3.05, 3.63) is 35.1 Å². The van der Waals surface area contributed by atoms with E-state index in [1.807, 2.05) is 13.8 Å². The number of aliphatic hydroxyl groups excluding tert-OH is 1. The largest absolute Gasteiger partial charge is 0.396 e. The third kappa shape index (κ3) is 3.53. The van der Waals surface area contributed by atoms with E-state index in [2.05, 4.69) is 5.32 Å². The Kier molecular flexibility index (Phi) is 4.84. The first-order valence-corrected chi connectivity index (χ1v) is 6.11. The maximum absolute atomic E-state index is 13.1. The van der Waals surface area contributed by atoms with Crippen LogP contribution in [0.3, 0.4) is 0 Å². The first kappa shape index (κ1) is 14.6. The summed E-state index contributed by atoms with van der Waals surface area (Å²) in [7, 11) is 0. The molecule has 3 nitrogen and oxygen atoms in total. The fourth-order valence-electron chi connectivity index (χ4n) is 1.71. The van der Waals surface area contributed by atoms with Crippen LogP contribution in [0.5, 0.6) is 0 Å². The minimum Gasteiger partial charge on any atom is -0.396 e. The summed E-state index contributed by atoms with van der Waals surface area (Å²) in [4.78, 5) is 12.0. The van der Waals surface area contributed by atoms with Crippen LogP contribution >= 0.6 is 0 Å². The zero-order valence-corrected chi connectivity index (χ0v) is 11.1. The monoisotopic (exact) mass is 253 g/mol. The van der Waals surface area contributed by atoms with Crippen molar-refractivity contribution in [3.8, 4) is 0 Å². The van der Waals surface area contributed by atoms with Crippen LogP contribution in [0, 0.1) is 12.7 Å². The van der Waals surface area contributed by atoms with Gasteiger partial charge in [-0.25, -0.2) is 4.39 Å². The van der Waals surface area contributed by atoms with Gasteiger partial charge in [0.05, 0.1) is 0 Å². The molecule has 0 aliphatic heterocycles. The van der Waals surface area contributed by atoms with Crippen molar-refractivity contribution < 1.29 is 14.3 Å². The van der Waals surface area contributed by atoms with E-state index in [0.717, 1.165) is 6.42 Å². The summed E-state index contributed by atoms with van der Waals surface area (Å²) in [6, 6.07) is 4.28. The second-order valence-electron chi connectivity index (χ2n) is 4.81. The fourth-order valence-corrected chi connectivity index (χ4v) is 1.71. The molecule has 0 unspecified atom stereocenters. The maximum atomic E-state index is 13.1. The van der Waals surface area contributed by atoms with Gasteiger partial charge in [-0.2, -0.15) is 0 Å². The van der Waals surface area contributed by atoms with E-state index in [4.69, 9.17) is 5.11 Å². The molecular weight excluding hydrogens is 233 g/mol. The molecule has 0 aliphatic carbocycles. The van der Waals surface area contributed by atoms with Crippen LogP contribution in [-0.2, 0) is 0 Å². The van der Waals surface area contributed by atoms with Crippen LogP contribution in [-0.4, -0.2) is 23.2 Å². The molecule has 0 fully saturated rings. The fraction of sp³-hybridized carbons (Fsp3) is 0.500. The molecule has 0 aliphatic rings. The smallest absolute Gasteiger partial charge is 0.251 e. The summed E-state index contributed by atoms with van der Waals surface area (Å²) < 4.78 is 13.1. The highest BCUT2D eigenvalue weighted by atomic mass is 19.1. The zero-order chi connectivity index (χ0) is 13.8. The van der Waals surface area contributed by atoms with E-state index in [-0.39, 0.29) is 18.3 Å². The van der Waals surface area contributed by atoms with E-state index in [1.165, 1.54) is 18.2 Å². The average molecular weight is 253 g/mol. The van der Waals surface area contributed by atoms with Gasteiger partial charge in [-0.3, -0.25) is 4.79 Å². The molecule has 100 valence electrons. The summed E-state index contributed by atoms with van der Waals surface area (Å²) in [5.74, 6) is -0.559. The van der Waals surface area contributed by atoms with Crippen LogP contribution in [0.2, 0.25) is 0 Å². The lowest BCUT2D eigenvalue weighted by molar-refractivity contribution is 0.0886. The predicted octanol–water partition coefficient (Wildman–Crippen LogP) is 2.42. The number of amides is 1. The lowest BCUT2D eigenvalue weighted by Crippen LogP contribution is -2.46. The molecule has 1 aromatic rings. The molecule has 1 aromatic carbocycles. The molecule has 1 amide bonds. The lowest BCUT2D eigenvalue weighted by atomic mass is 9.94. The van der Waals surface area contributed by atoms with Crippen LogP contribution in [0.25, 0.3) is 0 Å². The van der Waals surface area contributed by atoms with Gasteiger partial charge >= 0.3 is 0 Å². The standard InChI is InChI=1S/C14H20FNO2/c1-4-14(3,7-8-17)16-13(18)11-5-6-12(15)10(2)9-11/h5-6,9,17H,4,7-8H2,1-3H3,(H,16,18)/t14-/m0/s1. The number of halogens is 1. The number of benzene rings is 1. The molecule has 2 N–H and O–H groups in total. The van der Waals surface area contributed by atoms with Gasteiger partial charge in [0.1, 0.15) is 5.82 Å². The summed E-state index contributed by atoms with van der Waals surface area (Å²) in [5, 5.41) is 11.9. The molecule has 4 heteroatoms. The molecule has 0 saturated carbocycles. The summed E-state index contributed by atoms with van der Waals surface area (Å²) in [5.41, 5.74) is 0.447. The van der Waals surface area contributed by atoms with E-state index < -0.39 is 5.54 Å². The second kappa shape index (κ2) is 5.96. The Morgan fingerprint density at radius 2 is 2.17 bits per heavy atom. The Morgan fingerprint density at radius 1 is 1.50 bits per heavy atom. The molecule has 0 aromatic heterocycles. The molecule has 0 heterocycles. The van der Waals surface area contributed by atoms with Gasteiger partial charge in [-0.1, -0.05) is 6.92 Å². The Hall–Kier alpha value is -1.42. The van der Waals surface area contributed by atoms with Gasteiger partial charge in [-0.15, -0.1) is 0 Å². The third-order valence-corrected chi connectivity index (χ3v) is 3.28. The van der Waals surface area contributed by atoms with E-state index in [9.17, 15) is 9.18 Å². The molecule has 1 atom stereocenters. The molecule has 0 saturated heterocycles. The van der Waals surface area contributed by atoms with Crippen molar-refractivity contribution in [1.29, 1.82) is 0 Å². The van der Waals surface area contributed by atoms with Crippen molar-refractivity contribution in [2.75, 3.05) is 6.61 Å². The Bertz CT molecular complexity index is 434. The third-order valence-electron chi connectivity index (χ3n) is 3.28. The van der Waals surface area contributed by atoms with Gasteiger partial charge in [0.2, 0.25) is 0 Å². The van der Waals surface area contributed by atoms with Crippen molar-refractivity contribution in [3.63, 3.8) is 0 Å². The highest BCUT2D eigenvalue weighted by Gasteiger charge is 2.24. The highest BCUT2D eigenvalue weighted by molar-refractivity contribution is 5.94. The number of aryl methyl sites for hydroxylation is 1. The first-order chi connectivity index (χ1) is 8.41. The van der Waals surface area contributed by atoms with Gasteiger partial charge in [-0.05, 0) is 50.5 Å². The summed E-state index contributed by atoms with van der Waals surface area (Å²) >= 11 is 0. The molecule has 1 rings (SSSR count). The Morgan fingerprint density at radius 3 is 2.67 bits per heavy atom. The number of rotatable bonds is 5. The van der Waals surface area contributed by atoms with E-state index in [1.54, 1.807) is 6.92 Å². The maximum Gasteiger partial charge on any atom is 0.251 e. The van der Waals surface area contributed by atoms with Crippen LogP contribution < -0.4 is 5.32 Å². The van der Waals surface area contributed by atoms with Crippen LogP contribution in [0.4, 0.5) is 4.39 Å². The number of carbonyl (C=O) groups is 1. The number of carbonyl (C=O) groups excluding carboxylic acids is 1. The topological polar surface area (TPSA) is 49.3 Å². The van der Waals surface area contributed by atoms with Gasteiger partial charge < -0.3 is 10.4 Å². The number of nitrogens with one attached hydrogen (secondary N) is 1. The van der Waals surface area contributed by atoms with Gasteiger partial charge in [0, 0.05) is 17.7 Å². The Labute approximate surface area is 107 Å². The van der Waals surface area contributed by atoms with Crippen molar-refractivity contribution in [2.45, 2.75) is 39.2 Å². The van der Waals surface area contributed by atoms with Crippen LogP contribution in [0.1, 0.15) is 42.6 Å². The van der Waals surface area contributed by atoms with Crippen LogP contribution in [0.15, 0.2) is 18.2 Å². The lowest BCUT2D eigenvalue weighted by Gasteiger charge is -2.29. The second-order valence-corrected chi connectivity index (χ2v) is 4.81. The highest BCUT2D eigenvalue weighted by Crippen LogP contribution is 2.16. The van der Waals surface area contributed by atoms with Crippen molar-refractivity contribution >= 4 is 5.91 Å². The average Bonchev–Trinajstić information content (AvgIpc) is 2.32. The summed E-state index contributed by atoms with van der Waals surface area (Å²) in [6.07, 6.45) is 1.22. The number of hydrogen-bond acceptors (Lipinski definition) is 2. The molecule has 18 heavy (non-hydrogen) atoms. The number of aliphatic hydroxyl groups is 1. The normalized spacial score (nSPS) is 14.1. The SMILES string of the molecule is CC[C@@](C)(CCO)NC(=O)c1ccc(F)c(C)c1. The van der Waals surface area contributed by atoms with Crippen molar-refractivity contribution in [2.24, 2.45) is 0 Å². The quantitative estimate of drug-likeness (QED) is 0.846. The minimum atomic E-state index is -0.436. The zero-order valence-electron chi connectivity index (χ0n) is 11.1. The van der Waals surface area contributed by atoms with Crippen molar-refractivity contribution in [1.82, 2.24) is 5.32 Å². The molecule has 0 radical (unpaired) electrons. The Balaban J connectivity index is 2.84. The molecule has 0 bridgehead atoms. The van der Waals surface area contributed by atoms with Gasteiger partial charge in [0.15, 0.2) is 0 Å². The summed E-state index contributed by atoms with van der Waals surface area (Å²) in [6.45, 7) is 5.48.